The highest BCUT2D eigenvalue weighted by molar-refractivity contribution is 5.85. The van der Waals surface area contributed by atoms with Gasteiger partial charge in [-0.15, -0.1) is 0 Å². The third-order valence-corrected chi connectivity index (χ3v) is 4.43. The lowest BCUT2D eigenvalue weighted by molar-refractivity contribution is -0.365. The van der Waals surface area contributed by atoms with E-state index in [1.165, 1.54) is 0 Å². The molecule has 16 nitrogen and oxygen atoms in total. The third-order valence-electron chi connectivity index (χ3n) is 4.43. The summed E-state index contributed by atoms with van der Waals surface area (Å²) in [5.41, 5.74) is 0. The fourth-order valence-electron chi connectivity index (χ4n) is 2.68. The summed E-state index contributed by atoms with van der Waals surface area (Å²) in [6.45, 7) is -1.81. The Labute approximate surface area is 166 Å². The molecule has 2 unspecified atom stereocenters. The molecular weight excluding hydrogens is 424 g/mol. The van der Waals surface area contributed by atoms with Crippen LogP contribution in [0, 0.1) is 0 Å². The molecule has 0 aliphatic carbocycles. The minimum atomic E-state index is -3.25. The van der Waals surface area contributed by atoms with Crippen LogP contribution in [0.5, 0.6) is 0 Å². The highest BCUT2D eigenvalue weighted by Crippen LogP contribution is 2.32. The van der Waals surface area contributed by atoms with Gasteiger partial charge in [-0.25, -0.2) is 9.59 Å². The molecule has 30 heavy (non-hydrogen) atoms. The van der Waals surface area contributed by atoms with Gasteiger partial charge in [0.2, 0.25) is 0 Å². The second-order valence-corrected chi connectivity index (χ2v) is 6.54. The number of esters is 2. The minimum Gasteiger partial charge on any atom is -0.404 e. The van der Waals surface area contributed by atoms with Crippen molar-refractivity contribution in [1.29, 1.82) is 0 Å². The van der Waals surface area contributed by atoms with E-state index in [1.54, 1.807) is 0 Å². The van der Waals surface area contributed by atoms with Crippen LogP contribution in [0.4, 0.5) is 0 Å². The van der Waals surface area contributed by atoms with Gasteiger partial charge in [0, 0.05) is 0 Å². The van der Waals surface area contributed by atoms with E-state index in [4.69, 9.17) is 10.2 Å². The topological polar surface area (TPSA) is 273 Å². The third kappa shape index (κ3) is 4.40. The van der Waals surface area contributed by atoms with Gasteiger partial charge in [-0.3, -0.25) is 0 Å². The van der Waals surface area contributed by atoms with Crippen molar-refractivity contribution in [3.05, 3.63) is 0 Å². The van der Waals surface area contributed by atoms with E-state index in [0.717, 1.165) is 0 Å². The quantitative estimate of drug-likeness (QED) is 0.128. The van der Waals surface area contributed by atoms with E-state index in [2.05, 4.69) is 18.9 Å². The fourth-order valence-corrected chi connectivity index (χ4v) is 2.68. The van der Waals surface area contributed by atoms with Gasteiger partial charge in [-0.2, -0.15) is 0 Å². The molecule has 2 rings (SSSR count). The van der Waals surface area contributed by atoms with Crippen molar-refractivity contribution in [2.45, 2.75) is 60.8 Å². The maximum absolute atomic E-state index is 11.9. The summed E-state index contributed by atoms with van der Waals surface area (Å²) in [5.74, 6) is -10.5. The molecule has 0 aromatic rings. The van der Waals surface area contributed by atoms with E-state index in [-0.39, 0.29) is 0 Å². The molecule has 0 radical (unpaired) electrons. The molecule has 0 amide bonds. The number of carbonyl (C=O) groups is 2. The molecule has 174 valence electrons. The average molecular weight is 446 g/mol. The largest absolute Gasteiger partial charge is 0.404 e. The van der Waals surface area contributed by atoms with E-state index < -0.39 is 85.9 Å². The van der Waals surface area contributed by atoms with Gasteiger partial charge < -0.3 is 70.0 Å². The van der Waals surface area contributed by atoms with Gasteiger partial charge in [0.15, 0.2) is 24.4 Å². The molecule has 10 N–H and O–H groups in total. The molecule has 0 spiro atoms. The predicted octanol–water partition coefficient (Wildman–Crippen LogP) is -7.69. The van der Waals surface area contributed by atoms with E-state index in [1.807, 2.05) is 0 Å². The maximum Gasteiger partial charge on any atom is 0.357 e. The monoisotopic (exact) mass is 446 g/mol. The molecule has 2 aliphatic rings. The van der Waals surface area contributed by atoms with Crippen LogP contribution in [0.3, 0.4) is 0 Å². The smallest absolute Gasteiger partial charge is 0.357 e. The number of ether oxygens (including phenoxy) is 4. The Kier molecular flexibility index (Phi) is 7.34. The highest BCUT2D eigenvalue weighted by atomic mass is 16.9. The first-order valence-electron chi connectivity index (χ1n) is 8.37. The first-order valence-corrected chi connectivity index (χ1v) is 8.37. The summed E-state index contributed by atoms with van der Waals surface area (Å²) in [6.07, 6.45) is -17.2. The van der Waals surface area contributed by atoms with Crippen molar-refractivity contribution >= 4 is 11.9 Å². The Bertz CT molecular complexity index is 589. The Hall–Kier alpha value is -1.54. The summed E-state index contributed by atoms with van der Waals surface area (Å²) in [4.78, 5) is 23.8. The van der Waals surface area contributed by atoms with Gasteiger partial charge in [-0.05, 0) is 0 Å². The molecule has 0 aromatic carbocycles. The first kappa shape index (κ1) is 24.7. The standard InChI is InChI=1S/C14H22O16/c15-1-3-5(17)9(21)13(25,27-3)29-11(23)7(19)8(20)12(24)30-14(26)10(22)6(18)4(2-16)28-14/h3-10,15-22,25-26H,1-2H2/t3-,4-,5-,6-,7?,8?,9-,10-,13+,14+/m1/s1. The van der Waals surface area contributed by atoms with Crippen molar-refractivity contribution in [3.8, 4) is 0 Å². The Morgan fingerprint density at radius 3 is 1.30 bits per heavy atom. The molecular formula is C14H22O16. The summed E-state index contributed by atoms with van der Waals surface area (Å²) in [7, 11) is 0. The second-order valence-electron chi connectivity index (χ2n) is 6.54. The van der Waals surface area contributed by atoms with Crippen molar-refractivity contribution in [3.63, 3.8) is 0 Å². The molecule has 2 fully saturated rings. The van der Waals surface area contributed by atoms with Gasteiger partial charge >= 0.3 is 23.9 Å². The average Bonchev–Trinajstić information content (AvgIpc) is 3.05. The molecule has 0 bridgehead atoms. The molecule has 10 atom stereocenters. The van der Waals surface area contributed by atoms with Crippen LogP contribution in [0.2, 0.25) is 0 Å². The SMILES string of the molecule is O=C(O[C@@]1(O)O[C@H](CO)[C@@H](O)[C@H]1O)C(O)C(O)C(=O)O[C@@]1(O)O[C@H](CO)[C@@H](O)[C@H]1O. The zero-order valence-electron chi connectivity index (χ0n) is 15.0. The number of aliphatic hydroxyl groups excluding tert-OH is 8. The van der Waals surface area contributed by atoms with Crippen LogP contribution in [-0.2, 0) is 28.5 Å². The lowest BCUT2D eigenvalue weighted by atomic mass is 10.1. The van der Waals surface area contributed by atoms with Crippen LogP contribution >= 0.6 is 0 Å². The lowest BCUT2D eigenvalue weighted by Crippen LogP contribution is -2.53. The number of rotatable bonds is 7. The lowest BCUT2D eigenvalue weighted by Gasteiger charge is -2.28. The molecule has 2 saturated heterocycles. The summed E-state index contributed by atoms with van der Waals surface area (Å²) in [5, 5.41) is 95.6. The summed E-state index contributed by atoms with van der Waals surface area (Å²) >= 11 is 0. The van der Waals surface area contributed by atoms with Crippen molar-refractivity contribution < 1.29 is 79.6 Å². The van der Waals surface area contributed by atoms with E-state index >= 15 is 0 Å². The second kappa shape index (κ2) is 8.91. The van der Waals surface area contributed by atoms with Gasteiger partial charge in [0.05, 0.1) is 13.2 Å². The van der Waals surface area contributed by atoms with E-state index in [0.29, 0.717) is 0 Å². The number of carbonyl (C=O) groups excluding carboxylic acids is 2. The fraction of sp³-hybridized carbons (Fsp3) is 0.857. The maximum atomic E-state index is 11.9. The minimum absolute atomic E-state index is 0.906. The van der Waals surface area contributed by atoms with Crippen molar-refractivity contribution in [2.75, 3.05) is 13.2 Å². The van der Waals surface area contributed by atoms with Crippen LogP contribution in [-0.4, -0.2) is 137 Å². The Morgan fingerprint density at radius 2 is 1.07 bits per heavy atom. The normalized spacial score (nSPS) is 43.3. The first-order chi connectivity index (χ1) is 13.8. The predicted molar refractivity (Wildman–Crippen MR) is 82.0 cm³/mol. The van der Waals surface area contributed by atoms with Gasteiger partial charge in [0.25, 0.3) is 0 Å². The number of aliphatic hydroxyl groups is 10. The number of hydrogen-bond acceptors (Lipinski definition) is 16. The number of hydrogen-bond donors (Lipinski definition) is 10. The Balaban J connectivity index is 2.02. The molecule has 0 saturated carbocycles. The summed E-state index contributed by atoms with van der Waals surface area (Å²) in [6, 6.07) is 0. The zero-order chi connectivity index (χ0) is 23.0. The van der Waals surface area contributed by atoms with Crippen molar-refractivity contribution in [2.24, 2.45) is 0 Å². The van der Waals surface area contributed by atoms with Crippen molar-refractivity contribution in [1.82, 2.24) is 0 Å². The molecule has 2 heterocycles. The van der Waals surface area contributed by atoms with Crippen LogP contribution < -0.4 is 0 Å². The zero-order valence-corrected chi connectivity index (χ0v) is 15.0. The van der Waals surface area contributed by atoms with Crippen LogP contribution in [0.15, 0.2) is 0 Å². The molecule has 16 heteroatoms. The molecule has 2 aliphatic heterocycles. The van der Waals surface area contributed by atoms with Gasteiger partial charge in [-0.1, -0.05) is 0 Å². The van der Waals surface area contributed by atoms with E-state index in [9.17, 15) is 50.4 Å². The summed E-state index contributed by atoms with van der Waals surface area (Å²) < 4.78 is 17.6. The molecule has 0 aromatic heterocycles. The van der Waals surface area contributed by atoms with Gasteiger partial charge in [0.1, 0.15) is 24.4 Å². The van der Waals surface area contributed by atoms with Crippen LogP contribution in [0.25, 0.3) is 0 Å². The Morgan fingerprint density at radius 1 is 0.767 bits per heavy atom. The highest BCUT2D eigenvalue weighted by Gasteiger charge is 2.59. The van der Waals surface area contributed by atoms with Crippen LogP contribution in [0.1, 0.15) is 0 Å².